The molecule has 7 nitrogen and oxygen atoms in total. The molecule has 148 valence electrons. The molecule has 0 aliphatic rings. The van der Waals surface area contributed by atoms with E-state index in [0.29, 0.717) is 11.3 Å². The van der Waals surface area contributed by atoms with Crippen LogP contribution in [0.15, 0.2) is 48.5 Å². The van der Waals surface area contributed by atoms with Crippen molar-refractivity contribution in [2.45, 2.75) is 9.96 Å². The van der Waals surface area contributed by atoms with Gasteiger partial charge in [0.2, 0.25) is 3.79 Å². The van der Waals surface area contributed by atoms with Crippen LogP contribution >= 0.6 is 69.6 Å². The lowest BCUT2D eigenvalue weighted by atomic mass is 10.2. The number of alkyl halides is 3. The molecule has 0 saturated heterocycles. The number of rotatable bonds is 5. The Hall–Kier alpha value is -1.40. The summed E-state index contributed by atoms with van der Waals surface area (Å²) >= 11 is 25.1. The molecule has 12 heteroatoms. The Labute approximate surface area is 194 Å². The molecule has 0 aliphatic heterocycles. The molecular weight excluding hydrogens is 562 g/mol. The molecule has 0 saturated carbocycles. The number of carbonyl (C=O) groups is 1. The van der Waals surface area contributed by atoms with E-state index in [2.05, 4.69) is 38.5 Å². The van der Waals surface area contributed by atoms with E-state index in [0.717, 1.165) is 3.57 Å². The molecule has 2 rings (SSSR count). The zero-order valence-electron chi connectivity index (χ0n) is 13.8. The number of anilines is 1. The van der Waals surface area contributed by atoms with Gasteiger partial charge in [-0.05, 0) is 65.1 Å². The average Bonchev–Trinajstić information content (AvgIpc) is 2.61. The van der Waals surface area contributed by atoms with Gasteiger partial charge in [-0.25, -0.2) is 0 Å². The van der Waals surface area contributed by atoms with Crippen molar-refractivity contribution in [2.75, 3.05) is 5.32 Å². The van der Waals surface area contributed by atoms with Crippen LogP contribution in [0.5, 0.6) is 0 Å². The Bertz CT molecular complexity index is 893. The summed E-state index contributed by atoms with van der Waals surface area (Å²) in [5, 5.41) is 18.8. The first-order chi connectivity index (χ1) is 13.1. The molecule has 1 atom stereocenters. The van der Waals surface area contributed by atoms with Gasteiger partial charge >= 0.3 is 0 Å². The SMILES string of the molecule is O=C(NC(NC(=S)Nc1cccc([N+](=O)[O-])c1)C(Cl)(Cl)Cl)c1ccc(I)cc1. The number of thiocarbonyl (C=S) groups is 1. The van der Waals surface area contributed by atoms with Crippen molar-refractivity contribution in [3.8, 4) is 0 Å². The summed E-state index contributed by atoms with van der Waals surface area (Å²) in [4.78, 5) is 22.7. The van der Waals surface area contributed by atoms with E-state index in [4.69, 9.17) is 47.0 Å². The fourth-order valence-electron chi connectivity index (χ4n) is 2.01. The number of hydrogen-bond donors (Lipinski definition) is 3. The minimum atomic E-state index is -1.92. The second kappa shape index (κ2) is 9.88. The van der Waals surface area contributed by atoms with Gasteiger partial charge in [0.25, 0.3) is 11.6 Å². The van der Waals surface area contributed by atoms with E-state index < -0.39 is 20.8 Å². The summed E-state index contributed by atoms with van der Waals surface area (Å²) in [6, 6.07) is 12.5. The molecule has 28 heavy (non-hydrogen) atoms. The van der Waals surface area contributed by atoms with E-state index in [1.165, 1.54) is 18.2 Å². The zero-order valence-corrected chi connectivity index (χ0v) is 19.0. The third kappa shape index (κ3) is 6.89. The highest BCUT2D eigenvalue weighted by atomic mass is 127. The Morgan fingerprint density at radius 1 is 1.14 bits per heavy atom. The Morgan fingerprint density at radius 2 is 1.79 bits per heavy atom. The van der Waals surface area contributed by atoms with Crippen LogP contribution in [0.3, 0.4) is 0 Å². The Kier molecular flexibility index (Phi) is 8.07. The van der Waals surface area contributed by atoms with E-state index in [1.807, 2.05) is 0 Å². The molecule has 0 heterocycles. The fraction of sp³-hybridized carbons (Fsp3) is 0.125. The third-order valence-corrected chi connectivity index (χ3v) is 4.89. The second-order valence-corrected chi connectivity index (χ2v) is 9.38. The summed E-state index contributed by atoms with van der Waals surface area (Å²) in [5.41, 5.74) is 0.621. The molecular formula is C16H12Cl3IN4O3S. The number of non-ortho nitro benzene ring substituents is 1. The summed E-state index contributed by atoms with van der Waals surface area (Å²) in [7, 11) is 0. The van der Waals surface area contributed by atoms with Crippen LogP contribution in [-0.2, 0) is 0 Å². The average molecular weight is 574 g/mol. The predicted molar refractivity (Wildman–Crippen MR) is 123 cm³/mol. The normalized spacial score (nSPS) is 12.0. The molecule has 0 radical (unpaired) electrons. The molecule has 1 amide bonds. The van der Waals surface area contributed by atoms with Crippen molar-refractivity contribution < 1.29 is 9.72 Å². The first-order valence-corrected chi connectivity index (χ1v) is 10.1. The minimum Gasteiger partial charge on any atom is -0.339 e. The highest BCUT2D eigenvalue weighted by molar-refractivity contribution is 14.1. The lowest BCUT2D eigenvalue weighted by molar-refractivity contribution is -0.384. The quantitative estimate of drug-likeness (QED) is 0.121. The third-order valence-electron chi connectivity index (χ3n) is 3.30. The maximum atomic E-state index is 12.4. The van der Waals surface area contributed by atoms with Gasteiger partial charge in [-0.1, -0.05) is 40.9 Å². The number of benzene rings is 2. The van der Waals surface area contributed by atoms with Crippen LogP contribution in [0.25, 0.3) is 0 Å². The van der Waals surface area contributed by atoms with Gasteiger partial charge in [-0.15, -0.1) is 0 Å². The zero-order chi connectivity index (χ0) is 20.9. The number of nitro benzene ring substituents is 1. The monoisotopic (exact) mass is 572 g/mol. The number of halogens is 4. The lowest BCUT2D eigenvalue weighted by Crippen LogP contribution is -2.56. The van der Waals surface area contributed by atoms with Gasteiger partial charge in [0.1, 0.15) is 6.17 Å². The number of nitrogens with zero attached hydrogens (tertiary/aromatic N) is 1. The van der Waals surface area contributed by atoms with Gasteiger partial charge in [-0.3, -0.25) is 14.9 Å². The maximum Gasteiger partial charge on any atom is 0.271 e. The predicted octanol–water partition coefficient (Wildman–Crippen LogP) is 4.61. The Morgan fingerprint density at radius 3 is 2.36 bits per heavy atom. The van der Waals surface area contributed by atoms with E-state index in [9.17, 15) is 14.9 Å². The summed E-state index contributed by atoms with van der Waals surface area (Å²) in [6.07, 6.45) is -1.16. The topological polar surface area (TPSA) is 96.3 Å². The first kappa shape index (κ1) is 22.9. The van der Waals surface area contributed by atoms with Crippen LogP contribution in [0.2, 0.25) is 0 Å². The molecule has 0 fully saturated rings. The van der Waals surface area contributed by atoms with E-state index in [-0.39, 0.29) is 10.8 Å². The van der Waals surface area contributed by atoms with Crippen molar-refractivity contribution >= 4 is 92.0 Å². The molecule has 2 aromatic rings. The van der Waals surface area contributed by atoms with Gasteiger partial charge in [0.15, 0.2) is 5.11 Å². The number of hydrogen-bond acceptors (Lipinski definition) is 4. The fourth-order valence-corrected chi connectivity index (χ4v) is 2.93. The largest absolute Gasteiger partial charge is 0.339 e. The highest BCUT2D eigenvalue weighted by Gasteiger charge is 2.35. The van der Waals surface area contributed by atoms with Crippen LogP contribution in [0.1, 0.15) is 10.4 Å². The number of nitrogens with one attached hydrogen (secondary N) is 3. The summed E-state index contributed by atoms with van der Waals surface area (Å²) < 4.78 is -0.958. The molecule has 3 N–H and O–H groups in total. The second-order valence-electron chi connectivity index (χ2n) is 5.36. The maximum absolute atomic E-state index is 12.4. The van der Waals surface area contributed by atoms with Crippen LogP contribution in [0, 0.1) is 13.7 Å². The number of amides is 1. The lowest BCUT2D eigenvalue weighted by Gasteiger charge is -2.27. The van der Waals surface area contributed by atoms with Gasteiger partial charge in [0, 0.05) is 27.0 Å². The standard InChI is InChI=1S/C16H12Cl3IN4O3S/c17-16(18,19)14(22-13(25)9-4-6-10(20)7-5-9)23-15(28)21-11-2-1-3-12(8-11)24(26)27/h1-8,14H,(H,22,25)(H2,21,23,28). The minimum absolute atomic E-state index is 0.000247. The van der Waals surface area contributed by atoms with Crippen LogP contribution in [-0.4, -0.2) is 25.9 Å². The first-order valence-electron chi connectivity index (χ1n) is 7.51. The molecule has 0 aromatic heterocycles. The van der Waals surface area contributed by atoms with Crippen molar-refractivity contribution in [1.29, 1.82) is 0 Å². The van der Waals surface area contributed by atoms with Crippen molar-refractivity contribution in [1.82, 2.24) is 10.6 Å². The smallest absolute Gasteiger partial charge is 0.271 e. The molecule has 0 aliphatic carbocycles. The summed E-state index contributed by atoms with van der Waals surface area (Å²) in [6.45, 7) is 0. The molecule has 2 aromatic carbocycles. The Balaban J connectivity index is 2.08. The van der Waals surface area contributed by atoms with Gasteiger partial charge < -0.3 is 16.0 Å². The number of nitro groups is 1. The van der Waals surface area contributed by atoms with Crippen LogP contribution in [0.4, 0.5) is 11.4 Å². The van der Waals surface area contributed by atoms with Crippen LogP contribution < -0.4 is 16.0 Å². The molecule has 0 spiro atoms. The van der Waals surface area contributed by atoms with Crippen molar-refractivity contribution in [3.05, 3.63) is 67.8 Å². The highest BCUT2D eigenvalue weighted by Crippen LogP contribution is 2.29. The molecule has 1 unspecified atom stereocenters. The van der Waals surface area contributed by atoms with Crippen molar-refractivity contribution in [2.24, 2.45) is 0 Å². The van der Waals surface area contributed by atoms with Gasteiger partial charge in [0.05, 0.1) is 4.92 Å². The van der Waals surface area contributed by atoms with Crippen molar-refractivity contribution in [3.63, 3.8) is 0 Å². The van der Waals surface area contributed by atoms with E-state index in [1.54, 1.807) is 30.3 Å². The number of carbonyl (C=O) groups excluding carboxylic acids is 1. The molecule has 0 bridgehead atoms. The van der Waals surface area contributed by atoms with Gasteiger partial charge in [-0.2, -0.15) is 0 Å². The summed E-state index contributed by atoms with van der Waals surface area (Å²) in [5.74, 6) is -0.474. The van der Waals surface area contributed by atoms with E-state index >= 15 is 0 Å².